The summed E-state index contributed by atoms with van der Waals surface area (Å²) in [7, 11) is -4.13. The molecule has 3 aromatic rings. The molecule has 0 spiro atoms. The number of ether oxygens (including phenoxy) is 1. The van der Waals surface area contributed by atoms with Crippen LogP contribution in [0.25, 0.3) is 11.1 Å². The van der Waals surface area contributed by atoms with Gasteiger partial charge in [-0.05, 0) is 75.8 Å². The zero-order valence-electron chi connectivity index (χ0n) is 19.7. The van der Waals surface area contributed by atoms with E-state index in [0.29, 0.717) is 11.6 Å². The highest BCUT2D eigenvalue weighted by Crippen LogP contribution is 2.38. The number of carbonyl (C=O) groups is 1. The molecule has 34 heavy (non-hydrogen) atoms. The van der Waals surface area contributed by atoms with Crippen LogP contribution in [0.15, 0.2) is 47.8 Å². The smallest absolute Gasteiger partial charge is 0.333 e. The molecule has 2 N–H and O–H groups in total. The number of nitrogens with one attached hydrogen (secondary N) is 2. The zero-order chi connectivity index (χ0) is 24.5. The van der Waals surface area contributed by atoms with Crippen molar-refractivity contribution >= 4 is 21.7 Å². The minimum atomic E-state index is -4.13. The van der Waals surface area contributed by atoms with Crippen LogP contribution in [0.5, 0.6) is 5.88 Å². The Bertz CT molecular complexity index is 1310. The van der Waals surface area contributed by atoms with E-state index in [1.165, 1.54) is 10.7 Å². The molecule has 0 radical (unpaired) electrons. The normalized spacial score (nSPS) is 13.2. The van der Waals surface area contributed by atoms with Crippen molar-refractivity contribution in [1.29, 1.82) is 0 Å². The van der Waals surface area contributed by atoms with E-state index in [0.717, 1.165) is 41.5 Å². The minimum absolute atomic E-state index is 0.00262. The Kier molecular flexibility index (Phi) is 6.60. The third kappa shape index (κ3) is 5.06. The Morgan fingerprint density at radius 2 is 1.91 bits per heavy atom. The van der Waals surface area contributed by atoms with Gasteiger partial charge in [0.25, 0.3) is 10.0 Å². The van der Waals surface area contributed by atoms with Crippen LogP contribution in [0.4, 0.5) is 10.5 Å². The molecule has 1 aliphatic rings. The summed E-state index contributed by atoms with van der Waals surface area (Å²) in [5, 5.41) is 6.65. The molecule has 2 amide bonds. The molecule has 0 saturated carbocycles. The number of carbonyl (C=O) groups excluding carboxylic acids is 1. The SMILES string of the molecule is CC(C)Oc1cc(-c2ccc3c(c2NC(=O)NS(=O)(=O)c2ccn(C(C)C)n2)CCC3)ccn1. The Morgan fingerprint density at radius 1 is 1.12 bits per heavy atom. The van der Waals surface area contributed by atoms with Gasteiger partial charge in [-0.25, -0.2) is 14.5 Å². The highest BCUT2D eigenvalue weighted by molar-refractivity contribution is 7.90. The summed E-state index contributed by atoms with van der Waals surface area (Å²) in [6, 6.07) is 8.17. The summed E-state index contributed by atoms with van der Waals surface area (Å²) in [6.07, 6.45) is 5.87. The molecule has 0 unspecified atom stereocenters. The number of rotatable bonds is 7. The van der Waals surface area contributed by atoms with E-state index in [2.05, 4.69) is 26.2 Å². The number of amides is 2. The molecule has 4 rings (SSSR count). The van der Waals surface area contributed by atoms with Crippen molar-refractivity contribution in [1.82, 2.24) is 19.5 Å². The number of pyridine rings is 1. The van der Waals surface area contributed by atoms with E-state index in [-0.39, 0.29) is 17.2 Å². The quantitative estimate of drug-likeness (QED) is 0.517. The van der Waals surface area contributed by atoms with Gasteiger partial charge in [-0.15, -0.1) is 0 Å². The van der Waals surface area contributed by atoms with Crippen molar-refractivity contribution < 1.29 is 17.9 Å². The Morgan fingerprint density at radius 3 is 2.62 bits per heavy atom. The van der Waals surface area contributed by atoms with Gasteiger partial charge >= 0.3 is 6.03 Å². The van der Waals surface area contributed by atoms with Gasteiger partial charge in [0.1, 0.15) is 0 Å². The van der Waals surface area contributed by atoms with Crippen LogP contribution in [0.3, 0.4) is 0 Å². The Hall–Kier alpha value is -3.40. The summed E-state index contributed by atoms with van der Waals surface area (Å²) in [4.78, 5) is 17.1. The van der Waals surface area contributed by atoms with E-state index in [1.807, 2.05) is 45.9 Å². The first-order valence-corrected chi connectivity index (χ1v) is 12.8. The molecule has 0 bridgehead atoms. The van der Waals surface area contributed by atoms with Crippen LogP contribution < -0.4 is 14.8 Å². The number of fused-ring (bicyclic) bond motifs is 1. The third-order valence-corrected chi connectivity index (χ3v) is 6.76. The van der Waals surface area contributed by atoms with Crippen LogP contribution >= 0.6 is 0 Å². The molecule has 1 aromatic carbocycles. The standard InChI is InChI=1S/C24H29N5O4S/c1-15(2)29-13-11-22(27-29)34(31,32)28-24(30)26-23-19-7-5-6-17(19)8-9-20(23)18-10-12-25-21(14-18)33-16(3)4/h8-16H,5-7H2,1-4H3,(H2,26,28,30). The molecule has 2 heterocycles. The van der Waals surface area contributed by atoms with E-state index in [4.69, 9.17) is 4.74 Å². The largest absolute Gasteiger partial charge is 0.475 e. The third-order valence-electron chi connectivity index (χ3n) is 5.54. The highest BCUT2D eigenvalue weighted by Gasteiger charge is 2.25. The van der Waals surface area contributed by atoms with Gasteiger partial charge in [-0.1, -0.05) is 12.1 Å². The van der Waals surface area contributed by atoms with Crippen molar-refractivity contribution in [3.8, 4) is 17.0 Å². The number of benzene rings is 1. The topological polar surface area (TPSA) is 115 Å². The molecule has 2 aromatic heterocycles. The summed E-state index contributed by atoms with van der Waals surface area (Å²) >= 11 is 0. The van der Waals surface area contributed by atoms with Crippen molar-refractivity contribution in [3.05, 3.63) is 53.9 Å². The molecule has 1 aliphatic carbocycles. The number of nitrogens with zero attached hydrogens (tertiary/aromatic N) is 3. The van der Waals surface area contributed by atoms with Crippen LogP contribution in [-0.2, 0) is 22.9 Å². The van der Waals surface area contributed by atoms with Gasteiger partial charge in [0.05, 0.1) is 11.8 Å². The van der Waals surface area contributed by atoms with Crippen LogP contribution in [0, 0.1) is 0 Å². The second-order valence-corrected chi connectivity index (χ2v) is 10.4. The number of sulfonamides is 1. The first-order valence-electron chi connectivity index (χ1n) is 11.3. The number of aromatic nitrogens is 3. The van der Waals surface area contributed by atoms with Crippen LogP contribution in [0.2, 0.25) is 0 Å². The predicted octanol–water partition coefficient (Wildman–Crippen LogP) is 4.31. The van der Waals surface area contributed by atoms with Crippen molar-refractivity contribution in [2.75, 3.05) is 5.32 Å². The molecule has 0 saturated heterocycles. The summed E-state index contributed by atoms with van der Waals surface area (Å²) in [6.45, 7) is 7.62. The fourth-order valence-electron chi connectivity index (χ4n) is 4.00. The van der Waals surface area contributed by atoms with E-state index < -0.39 is 16.1 Å². The fourth-order valence-corrected chi connectivity index (χ4v) is 4.84. The zero-order valence-corrected chi connectivity index (χ0v) is 20.5. The van der Waals surface area contributed by atoms with Gasteiger partial charge in [0, 0.05) is 30.1 Å². The molecular formula is C24H29N5O4S. The number of anilines is 1. The average molecular weight is 484 g/mol. The lowest BCUT2D eigenvalue weighted by molar-refractivity contribution is 0.233. The molecule has 0 aliphatic heterocycles. The molecule has 9 nitrogen and oxygen atoms in total. The van der Waals surface area contributed by atoms with Crippen LogP contribution in [0.1, 0.15) is 51.3 Å². The fraction of sp³-hybridized carbons (Fsp3) is 0.375. The molecule has 0 atom stereocenters. The highest BCUT2D eigenvalue weighted by atomic mass is 32.2. The lowest BCUT2D eigenvalue weighted by Crippen LogP contribution is -2.35. The van der Waals surface area contributed by atoms with Crippen molar-refractivity contribution in [2.24, 2.45) is 0 Å². The number of hydrogen-bond acceptors (Lipinski definition) is 6. The maximum absolute atomic E-state index is 12.9. The summed E-state index contributed by atoms with van der Waals surface area (Å²) < 4.78 is 34.8. The second-order valence-electron chi connectivity index (χ2n) is 8.82. The first-order chi connectivity index (χ1) is 16.1. The van der Waals surface area contributed by atoms with Gasteiger partial charge < -0.3 is 10.1 Å². The number of hydrogen-bond donors (Lipinski definition) is 2. The summed E-state index contributed by atoms with van der Waals surface area (Å²) in [5.74, 6) is 0.478. The monoisotopic (exact) mass is 483 g/mol. The van der Waals surface area contributed by atoms with Crippen molar-refractivity contribution in [3.63, 3.8) is 0 Å². The summed E-state index contributed by atoms with van der Waals surface area (Å²) in [5.41, 5.74) is 4.34. The number of aryl methyl sites for hydroxylation is 1. The Labute approximate surface area is 199 Å². The first kappa shape index (κ1) is 23.7. The van der Waals surface area contributed by atoms with E-state index >= 15 is 0 Å². The maximum Gasteiger partial charge on any atom is 0.333 e. The van der Waals surface area contributed by atoms with Gasteiger partial charge in [-0.2, -0.15) is 13.5 Å². The molecular weight excluding hydrogens is 454 g/mol. The maximum atomic E-state index is 12.9. The van der Waals surface area contributed by atoms with Gasteiger partial charge in [0.2, 0.25) is 5.88 Å². The van der Waals surface area contributed by atoms with E-state index in [1.54, 1.807) is 12.4 Å². The van der Waals surface area contributed by atoms with Crippen molar-refractivity contribution in [2.45, 2.75) is 64.1 Å². The predicted molar refractivity (Wildman–Crippen MR) is 129 cm³/mol. The second kappa shape index (κ2) is 9.46. The van der Waals surface area contributed by atoms with Gasteiger partial charge in [0.15, 0.2) is 5.03 Å². The molecule has 10 heteroatoms. The molecule has 180 valence electrons. The average Bonchev–Trinajstić information content (AvgIpc) is 3.44. The number of urea groups is 1. The van der Waals surface area contributed by atoms with E-state index in [9.17, 15) is 13.2 Å². The minimum Gasteiger partial charge on any atom is -0.475 e. The van der Waals surface area contributed by atoms with Crippen LogP contribution in [-0.4, -0.2) is 35.3 Å². The lowest BCUT2D eigenvalue weighted by atomic mass is 9.98. The Balaban J connectivity index is 1.64. The molecule has 0 fully saturated rings. The van der Waals surface area contributed by atoms with Gasteiger partial charge in [-0.3, -0.25) is 4.68 Å². The lowest BCUT2D eigenvalue weighted by Gasteiger charge is -2.17.